The fourth-order valence-electron chi connectivity index (χ4n) is 2.37. The predicted molar refractivity (Wildman–Crippen MR) is 77.9 cm³/mol. The van der Waals surface area contributed by atoms with Gasteiger partial charge in [0.25, 0.3) is 0 Å². The average Bonchev–Trinajstić information content (AvgIpc) is 2.92. The van der Waals surface area contributed by atoms with E-state index in [9.17, 15) is 0 Å². The zero-order valence-electron chi connectivity index (χ0n) is 9.83. The lowest BCUT2D eigenvalue weighted by molar-refractivity contribution is 0.904. The van der Waals surface area contributed by atoms with E-state index in [0.29, 0.717) is 5.02 Å². The van der Waals surface area contributed by atoms with E-state index in [4.69, 9.17) is 23.2 Å². The molecule has 0 bridgehead atoms. The Morgan fingerprint density at radius 3 is 3.06 bits per heavy atom. The number of alkyl halides is 1. The first-order valence-corrected chi connectivity index (χ1v) is 7.71. The van der Waals surface area contributed by atoms with E-state index in [1.165, 1.54) is 34.6 Å². The molecule has 0 spiro atoms. The molecule has 2 aromatic rings. The molecule has 1 atom stereocenters. The second-order valence-corrected chi connectivity index (χ2v) is 6.69. The van der Waals surface area contributed by atoms with Crippen LogP contribution in [0, 0.1) is 0 Å². The highest BCUT2D eigenvalue weighted by molar-refractivity contribution is 7.12. The Bertz CT molecular complexity index is 543. The normalized spacial score (nSPS) is 15.7. The number of hydrogen-bond donors (Lipinski definition) is 0. The van der Waals surface area contributed by atoms with Crippen molar-refractivity contribution >= 4 is 34.5 Å². The molecule has 0 aliphatic heterocycles. The first-order valence-electron chi connectivity index (χ1n) is 6.08. The Labute approximate surface area is 121 Å². The molecule has 0 radical (unpaired) electrons. The average molecular weight is 298 g/mol. The molecule has 0 fully saturated rings. The molecule has 94 valence electrons. The van der Waals surface area contributed by atoms with Crippen LogP contribution in [0.1, 0.15) is 32.7 Å². The van der Waals surface area contributed by atoms with Gasteiger partial charge in [-0.2, -0.15) is 0 Å². The highest BCUT2D eigenvalue weighted by Gasteiger charge is 2.19. The number of thiophene rings is 1. The van der Waals surface area contributed by atoms with Gasteiger partial charge in [0.2, 0.25) is 0 Å². The summed E-state index contributed by atoms with van der Waals surface area (Å²) < 4.78 is 0. The van der Waals surface area contributed by atoms with Gasteiger partial charge in [0.1, 0.15) is 0 Å². The number of nitrogens with zero attached hydrogens (tertiary/aromatic N) is 1. The fourth-order valence-corrected chi connectivity index (χ4v) is 4.16. The van der Waals surface area contributed by atoms with E-state index in [1.54, 1.807) is 12.4 Å². The third-order valence-corrected chi connectivity index (χ3v) is 5.54. The molecule has 1 aliphatic rings. The molecule has 0 aromatic carbocycles. The van der Waals surface area contributed by atoms with Gasteiger partial charge in [0.05, 0.1) is 10.4 Å². The van der Waals surface area contributed by atoms with Crippen LogP contribution >= 0.6 is 34.5 Å². The molecule has 18 heavy (non-hydrogen) atoms. The van der Waals surface area contributed by atoms with Gasteiger partial charge in [-0.05, 0) is 48.9 Å². The van der Waals surface area contributed by atoms with Crippen LogP contribution < -0.4 is 0 Å². The highest BCUT2D eigenvalue weighted by Crippen LogP contribution is 2.38. The summed E-state index contributed by atoms with van der Waals surface area (Å²) in [7, 11) is 0. The van der Waals surface area contributed by atoms with Crippen molar-refractivity contribution in [3.05, 3.63) is 50.4 Å². The third kappa shape index (κ3) is 2.42. The summed E-state index contributed by atoms with van der Waals surface area (Å²) in [5.41, 5.74) is 2.57. The largest absolute Gasteiger partial charge is 0.263 e. The maximum absolute atomic E-state index is 6.51. The lowest BCUT2D eigenvalue weighted by atomic mass is 10.1. The monoisotopic (exact) mass is 297 g/mol. The number of fused-ring (bicyclic) bond motifs is 1. The van der Waals surface area contributed by atoms with Crippen LogP contribution in [0.5, 0.6) is 0 Å². The van der Waals surface area contributed by atoms with Crippen molar-refractivity contribution < 1.29 is 0 Å². The van der Waals surface area contributed by atoms with Gasteiger partial charge in [-0.1, -0.05) is 11.6 Å². The quantitative estimate of drug-likeness (QED) is 0.741. The Hall–Kier alpha value is -0.570. The number of hydrogen-bond acceptors (Lipinski definition) is 2. The zero-order valence-corrected chi connectivity index (χ0v) is 12.2. The Balaban J connectivity index is 1.78. The van der Waals surface area contributed by atoms with Gasteiger partial charge in [-0.3, -0.25) is 4.98 Å². The van der Waals surface area contributed by atoms with Gasteiger partial charge in [-0.15, -0.1) is 22.9 Å². The number of aromatic nitrogens is 1. The van der Waals surface area contributed by atoms with Crippen LogP contribution in [0.3, 0.4) is 0 Å². The van der Waals surface area contributed by atoms with Crippen LogP contribution in [0.4, 0.5) is 0 Å². The predicted octanol–water partition coefficient (Wildman–Crippen LogP) is 4.81. The van der Waals surface area contributed by atoms with Crippen molar-refractivity contribution in [2.75, 3.05) is 0 Å². The molecule has 1 aliphatic carbocycles. The molecular formula is C14H13Cl2NS. The van der Waals surface area contributed by atoms with Crippen molar-refractivity contribution in [1.82, 2.24) is 4.98 Å². The van der Waals surface area contributed by atoms with E-state index >= 15 is 0 Å². The second-order valence-electron chi connectivity index (χ2n) is 4.59. The Morgan fingerprint density at radius 1 is 1.39 bits per heavy atom. The number of halogens is 2. The minimum absolute atomic E-state index is 0.0144. The van der Waals surface area contributed by atoms with E-state index in [2.05, 4.69) is 11.1 Å². The standard InChI is InChI=1S/C14H13Cl2NS/c15-11(6-9-4-5-17-8-12(9)16)14-7-10-2-1-3-13(10)18-14/h4-5,7-8,11H,1-3,6H2. The van der Waals surface area contributed by atoms with Crippen molar-refractivity contribution in [1.29, 1.82) is 0 Å². The van der Waals surface area contributed by atoms with Gasteiger partial charge in [0, 0.05) is 22.1 Å². The molecular weight excluding hydrogens is 285 g/mol. The third-order valence-electron chi connectivity index (χ3n) is 3.33. The van der Waals surface area contributed by atoms with E-state index in [1.807, 2.05) is 17.4 Å². The fraction of sp³-hybridized carbons (Fsp3) is 0.357. The molecule has 4 heteroatoms. The summed E-state index contributed by atoms with van der Waals surface area (Å²) >= 11 is 14.5. The highest BCUT2D eigenvalue weighted by atomic mass is 35.5. The molecule has 2 aromatic heterocycles. The molecule has 0 N–H and O–H groups in total. The van der Waals surface area contributed by atoms with Gasteiger partial charge in [-0.25, -0.2) is 0 Å². The lowest BCUT2D eigenvalue weighted by Crippen LogP contribution is -1.95. The summed E-state index contributed by atoms with van der Waals surface area (Å²) in [6.07, 6.45) is 7.94. The Morgan fingerprint density at radius 2 is 2.28 bits per heavy atom. The summed E-state index contributed by atoms with van der Waals surface area (Å²) in [6.45, 7) is 0. The maximum atomic E-state index is 6.51. The molecule has 1 unspecified atom stereocenters. The topological polar surface area (TPSA) is 12.9 Å². The Kier molecular flexibility index (Phi) is 3.60. The van der Waals surface area contributed by atoms with Crippen molar-refractivity contribution in [2.24, 2.45) is 0 Å². The number of rotatable bonds is 3. The number of aryl methyl sites for hydroxylation is 2. The summed E-state index contributed by atoms with van der Waals surface area (Å²) in [5, 5.41) is 0.716. The van der Waals surface area contributed by atoms with Crippen molar-refractivity contribution in [2.45, 2.75) is 31.1 Å². The van der Waals surface area contributed by atoms with Crippen LogP contribution in [0.2, 0.25) is 5.02 Å². The maximum Gasteiger partial charge on any atom is 0.0719 e. The SMILES string of the molecule is Clc1cnccc1CC(Cl)c1cc2c(s1)CCC2. The minimum Gasteiger partial charge on any atom is -0.263 e. The first-order chi connectivity index (χ1) is 8.74. The van der Waals surface area contributed by atoms with E-state index in [-0.39, 0.29) is 5.38 Å². The molecule has 1 nitrogen and oxygen atoms in total. The first kappa shape index (κ1) is 12.5. The smallest absolute Gasteiger partial charge is 0.0719 e. The summed E-state index contributed by atoms with van der Waals surface area (Å²) in [4.78, 5) is 6.79. The minimum atomic E-state index is 0.0144. The zero-order chi connectivity index (χ0) is 12.5. The van der Waals surface area contributed by atoms with Gasteiger partial charge in [0.15, 0.2) is 0 Å². The summed E-state index contributed by atoms with van der Waals surface area (Å²) in [6, 6.07) is 4.22. The molecule has 0 saturated carbocycles. The van der Waals surface area contributed by atoms with Crippen LogP contribution in [-0.2, 0) is 19.3 Å². The van der Waals surface area contributed by atoms with Gasteiger partial charge >= 0.3 is 0 Å². The second kappa shape index (κ2) is 5.20. The molecule has 3 rings (SSSR count). The molecule has 0 saturated heterocycles. The van der Waals surface area contributed by atoms with Crippen LogP contribution in [-0.4, -0.2) is 4.98 Å². The van der Waals surface area contributed by atoms with Crippen molar-refractivity contribution in [3.8, 4) is 0 Å². The van der Waals surface area contributed by atoms with Gasteiger partial charge < -0.3 is 0 Å². The van der Waals surface area contributed by atoms with E-state index in [0.717, 1.165) is 12.0 Å². The van der Waals surface area contributed by atoms with Crippen molar-refractivity contribution in [3.63, 3.8) is 0 Å². The van der Waals surface area contributed by atoms with Crippen LogP contribution in [0.15, 0.2) is 24.5 Å². The molecule has 2 heterocycles. The van der Waals surface area contributed by atoms with Crippen LogP contribution in [0.25, 0.3) is 0 Å². The van der Waals surface area contributed by atoms with E-state index < -0.39 is 0 Å². The molecule has 0 amide bonds. The summed E-state index contributed by atoms with van der Waals surface area (Å²) in [5.74, 6) is 0. The number of pyridine rings is 1. The lowest BCUT2D eigenvalue weighted by Gasteiger charge is -2.08.